The number of rotatable bonds is 6. The van der Waals surface area contributed by atoms with Crippen LogP contribution in [0.25, 0.3) is 0 Å². The van der Waals surface area contributed by atoms with Gasteiger partial charge in [0.2, 0.25) is 10.0 Å². The molecule has 0 bridgehead atoms. The molecule has 0 saturated heterocycles. The first kappa shape index (κ1) is 15.1. The molecule has 1 aromatic heterocycles. The second-order valence-electron chi connectivity index (χ2n) is 4.45. The fourth-order valence-corrected chi connectivity index (χ4v) is 3.15. The van der Waals surface area contributed by atoms with Crippen molar-refractivity contribution in [3.8, 4) is 0 Å². The molecular weight excluding hydrogens is 250 g/mol. The van der Waals surface area contributed by atoms with Gasteiger partial charge in [0, 0.05) is 18.8 Å². The predicted octanol–water partition coefficient (Wildman–Crippen LogP) is 1.25. The molecule has 2 unspecified atom stereocenters. The molecule has 0 spiro atoms. The number of hydrogen-bond donors (Lipinski definition) is 2. The number of nitrogens with two attached hydrogens (primary N) is 1. The van der Waals surface area contributed by atoms with Crippen LogP contribution in [-0.2, 0) is 16.6 Å². The summed E-state index contributed by atoms with van der Waals surface area (Å²) in [5.74, 6) is 0.276. The average molecular weight is 271 g/mol. The Morgan fingerprint density at radius 3 is 2.67 bits per heavy atom. The van der Waals surface area contributed by atoms with Gasteiger partial charge in [-0.2, -0.15) is 0 Å². The molecule has 0 fully saturated rings. The maximum Gasteiger partial charge on any atom is 0.242 e. The summed E-state index contributed by atoms with van der Waals surface area (Å²) in [6.45, 7) is 6.02. The van der Waals surface area contributed by atoms with Crippen molar-refractivity contribution in [2.24, 2.45) is 11.7 Å². The molecule has 102 valence electrons. The summed E-state index contributed by atoms with van der Waals surface area (Å²) in [5, 5.41) is 0. The fraction of sp³-hybridized carbons (Fsp3) is 0.583. The lowest BCUT2D eigenvalue weighted by Crippen LogP contribution is -2.37. The SMILES string of the molecule is CCC(C)C(C)NS(=O)(=O)c1cccnc1CN. The lowest BCUT2D eigenvalue weighted by Gasteiger charge is -2.20. The van der Waals surface area contributed by atoms with Gasteiger partial charge in [0.1, 0.15) is 4.90 Å². The molecular formula is C12H21N3O2S. The third kappa shape index (κ3) is 3.51. The zero-order valence-electron chi connectivity index (χ0n) is 11.1. The smallest absolute Gasteiger partial charge is 0.242 e. The van der Waals surface area contributed by atoms with E-state index in [0.29, 0.717) is 5.69 Å². The summed E-state index contributed by atoms with van der Waals surface area (Å²) >= 11 is 0. The molecule has 0 aliphatic carbocycles. The normalized spacial score (nSPS) is 15.3. The van der Waals surface area contributed by atoms with Gasteiger partial charge in [0.25, 0.3) is 0 Å². The predicted molar refractivity (Wildman–Crippen MR) is 71.4 cm³/mol. The van der Waals surface area contributed by atoms with Gasteiger partial charge in [-0.25, -0.2) is 13.1 Å². The summed E-state index contributed by atoms with van der Waals surface area (Å²) in [4.78, 5) is 4.16. The molecule has 0 amide bonds. The van der Waals surface area contributed by atoms with E-state index in [9.17, 15) is 8.42 Å². The molecule has 1 rings (SSSR count). The highest BCUT2D eigenvalue weighted by molar-refractivity contribution is 7.89. The van der Waals surface area contributed by atoms with E-state index >= 15 is 0 Å². The number of hydrogen-bond acceptors (Lipinski definition) is 4. The summed E-state index contributed by atoms with van der Waals surface area (Å²) in [6, 6.07) is 3.01. The summed E-state index contributed by atoms with van der Waals surface area (Å²) in [5.41, 5.74) is 5.90. The van der Waals surface area contributed by atoms with Crippen LogP contribution in [0.4, 0.5) is 0 Å². The van der Waals surface area contributed by atoms with Gasteiger partial charge in [-0.1, -0.05) is 20.3 Å². The van der Waals surface area contributed by atoms with Crippen molar-refractivity contribution in [3.63, 3.8) is 0 Å². The lowest BCUT2D eigenvalue weighted by molar-refractivity contribution is 0.433. The van der Waals surface area contributed by atoms with Crippen molar-refractivity contribution < 1.29 is 8.42 Å². The van der Waals surface area contributed by atoms with Crippen LogP contribution in [-0.4, -0.2) is 19.4 Å². The Labute approximate surface area is 109 Å². The van der Waals surface area contributed by atoms with E-state index < -0.39 is 10.0 Å². The lowest BCUT2D eigenvalue weighted by atomic mass is 10.0. The molecule has 1 heterocycles. The molecule has 3 N–H and O–H groups in total. The first-order valence-corrected chi connectivity index (χ1v) is 7.57. The first-order chi connectivity index (χ1) is 8.42. The van der Waals surface area contributed by atoms with Crippen LogP contribution in [0.1, 0.15) is 32.9 Å². The quantitative estimate of drug-likeness (QED) is 0.815. The highest BCUT2D eigenvalue weighted by atomic mass is 32.2. The summed E-state index contributed by atoms with van der Waals surface area (Å²) in [6.07, 6.45) is 2.46. The minimum Gasteiger partial charge on any atom is -0.325 e. The number of nitrogens with zero attached hydrogens (tertiary/aromatic N) is 1. The molecule has 0 saturated carbocycles. The molecule has 6 heteroatoms. The van der Waals surface area contributed by atoms with Gasteiger partial charge >= 0.3 is 0 Å². The van der Waals surface area contributed by atoms with E-state index in [0.717, 1.165) is 6.42 Å². The molecule has 2 atom stereocenters. The zero-order chi connectivity index (χ0) is 13.8. The van der Waals surface area contributed by atoms with Crippen molar-refractivity contribution >= 4 is 10.0 Å². The Balaban J connectivity index is 3.00. The van der Waals surface area contributed by atoms with E-state index in [4.69, 9.17) is 5.73 Å². The minimum atomic E-state index is -3.55. The van der Waals surface area contributed by atoms with Gasteiger partial charge in [0.05, 0.1) is 5.69 Å². The average Bonchev–Trinajstić information content (AvgIpc) is 2.37. The Bertz CT molecular complexity index is 488. The van der Waals surface area contributed by atoms with Crippen LogP contribution in [0.2, 0.25) is 0 Å². The largest absolute Gasteiger partial charge is 0.325 e. The molecule has 0 aromatic carbocycles. The maximum atomic E-state index is 12.2. The summed E-state index contributed by atoms with van der Waals surface area (Å²) < 4.78 is 27.1. The van der Waals surface area contributed by atoms with Crippen molar-refractivity contribution in [2.45, 2.75) is 44.7 Å². The van der Waals surface area contributed by atoms with Gasteiger partial charge in [0.15, 0.2) is 0 Å². The van der Waals surface area contributed by atoms with E-state index in [2.05, 4.69) is 9.71 Å². The number of nitrogens with one attached hydrogen (secondary N) is 1. The fourth-order valence-electron chi connectivity index (χ4n) is 1.60. The summed E-state index contributed by atoms with van der Waals surface area (Å²) in [7, 11) is -3.55. The van der Waals surface area contributed by atoms with Gasteiger partial charge in [-0.05, 0) is 25.0 Å². The van der Waals surface area contributed by atoms with E-state index in [1.165, 1.54) is 6.07 Å². The van der Waals surface area contributed by atoms with E-state index in [-0.39, 0.29) is 23.4 Å². The first-order valence-electron chi connectivity index (χ1n) is 6.08. The Morgan fingerprint density at radius 2 is 2.11 bits per heavy atom. The second-order valence-corrected chi connectivity index (χ2v) is 6.13. The van der Waals surface area contributed by atoms with Gasteiger partial charge in [-0.3, -0.25) is 4.98 Å². The molecule has 1 aromatic rings. The van der Waals surface area contributed by atoms with Crippen molar-refractivity contribution in [1.82, 2.24) is 9.71 Å². The number of sulfonamides is 1. The third-order valence-electron chi connectivity index (χ3n) is 3.17. The molecule has 5 nitrogen and oxygen atoms in total. The Kier molecular flexibility index (Phi) is 5.25. The number of aromatic nitrogens is 1. The Hall–Kier alpha value is -0.980. The van der Waals surface area contributed by atoms with Crippen LogP contribution in [0.15, 0.2) is 23.2 Å². The number of pyridine rings is 1. The van der Waals surface area contributed by atoms with E-state index in [1.54, 1.807) is 12.3 Å². The van der Waals surface area contributed by atoms with Crippen molar-refractivity contribution in [3.05, 3.63) is 24.0 Å². The highest BCUT2D eigenvalue weighted by Crippen LogP contribution is 2.15. The minimum absolute atomic E-state index is 0.106. The topological polar surface area (TPSA) is 85.1 Å². The van der Waals surface area contributed by atoms with Crippen LogP contribution in [0.5, 0.6) is 0 Å². The van der Waals surface area contributed by atoms with Crippen molar-refractivity contribution in [1.29, 1.82) is 0 Å². The molecule has 0 radical (unpaired) electrons. The van der Waals surface area contributed by atoms with Crippen molar-refractivity contribution in [2.75, 3.05) is 0 Å². The standard InChI is InChI=1S/C12H21N3O2S/c1-4-9(2)10(3)15-18(16,17)12-6-5-7-14-11(12)8-13/h5-7,9-10,15H,4,8,13H2,1-3H3. The maximum absolute atomic E-state index is 12.2. The monoisotopic (exact) mass is 271 g/mol. The molecule has 0 aliphatic rings. The van der Waals surface area contributed by atoms with Crippen LogP contribution >= 0.6 is 0 Å². The third-order valence-corrected chi connectivity index (χ3v) is 4.80. The van der Waals surface area contributed by atoms with Crippen LogP contribution < -0.4 is 10.5 Å². The highest BCUT2D eigenvalue weighted by Gasteiger charge is 2.22. The molecule has 0 aliphatic heterocycles. The molecule has 18 heavy (non-hydrogen) atoms. The Morgan fingerprint density at radius 1 is 1.44 bits per heavy atom. The zero-order valence-corrected chi connectivity index (χ0v) is 11.9. The van der Waals surface area contributed by atoms with Crippen LogP contribution in [0.3, 0.4) is 0 Å². The van der Waals surface area contributed by atoms with Gasteiger partial charge < -0.3 is 5.73 Å². The van der Waals surface area contributed by atoms with Crippen LogP contribution in [0, 0.1) is 5.92 Å². The van der Waals surface area contributed by atoms with E-state index in [1.807, 2.05) is 20.8 Å². The van der Waals surface area contributed by atoms with Gasteiger partial charge in [-0.15, -0.1) is 0 Å². The second kappa shape index (κ2) is 6.26.